The molecule has 0 aliphatic rings. The number of hydrogen-bond acceptors (Lipinski definition) is 4. The highest BCUT2D eigenvalue weighted by atomic mass is 16.5. The van der Waals surface area contributed by atoms with Crippen LogP contribution < -0.4 is 0 Å². The molecule has 0 aliphatic carbocycles. The molecule has 0 bridgehead atoms. The summed E-state index contributed by atoms with van der Waals surface area (Å²) >= 11 is 0. The summed E-state index contributed by atoms with van der Waals surface area (Å²) in [5.41, 5.74) is 2.14. The maximum atomic E-state index is 12.0. The van der Waals surface area contributed by atoms with E-state index in [-0.39, 0.29) is 11.4 Å². The number of nitrogens with zero attached hydrogens (tertiary/aromatic N) is 1. The van der Waals surface area contributed by atoms with Crippen molar-refractivity contribution in [2.75, 3.05) is 7.11 Å². The van der Waals surface area contributed by atoms with E-state index < -0.39 is 5.97 Å². The number of unbranched alkanes of at least 4 members (excludes halogenated alkanes) is 1. The monoisotopic (exact) mass is 323 g/mol. The van der Waals surface area contributed by atoms with Gasteiger partial charge in [-0.25, -0.2) is 9.79 Å². The fourth-order valence-corrected chi connectivity index (χ4v) is 2.23. The van der Waals surface area contributed by atoms with E-state index in [1.165, 1.54) is 7.11 Å². The number of aromatic hydroxyl groups is 1. The fraction of sp³-hybridized carbons (Fsp3) is 0.200. The zero-order valence-electron chi connectivity index (χ0n) is 13.9. The lowest BCUT2D eigenvalue weighted by molar-refractivity contribution is -0.136. The Morgan fingerprint density at radius 2 is 1.79 bits per heavy atom. The zero-order chi connectivity index (χ0) is 17.4. The molecule has 0 saturated carbocycles. The summed E-state index contributed by atoms with van der Waals surface area (Å²) < 4.78 is 4.84. The van der Waals surface area contributed by atoms with Crippen LogP contribution >= 0.6 is 0 Å². The lowest BCUT2D eigenvalue weighted by atomic mass is 10.0. The number of phenols is 1. The van der Waals surface area contributed by atoms with Gasteiger partial charge in [-0.2, -0.15) is 0 Å². The van der Waals surface area contributed by atoms with Gasteiger partial charge in [-0.05, 0) is 18.6 Å². The minimum Gasteiger partial charge on any atom is -0.507 e. The van der Waals surface area contributed by atoms with E-state index in [4.69, 9.17) is 4.74 Å². The highest BCUT2D eigenvalue weighted by molar-refractivity contribution is 6.16. The van der Waals surface area contributed by atoms with Gasteiger partial charge in [0, 0.05) is 11.1 Å². The van der Waals surface area contributed by atoms with Crippen molar-refractivity contribution in [3.63, 3.8) is 0 Å². The first-order chi connectivity index (χ1) is 11.7. The molecule has 0 amide bonds. The molecule has 0 spiro atoms. The van der Waals surface area contributed by atoms with Crippen LogP contribution in [0.25, 0.3) is 0 Å². The molecule has 124 valence electrons. The van der Waals surface area contributed by atoms with Crippen molar-refractivity contribution in [2.24, 2.45) is 4.99 Å². The molecular formula is C20H21NO3. The molecule has 1 N–H and O–H groups in total. The second kappa shape index (κ2) is 8.67. The Balaban J connectivity index is 2.61. The SMILES string of the molecule is CCC/C=C(\N=C(c1ccccc1)c1ccccc1O)C(=O)OC. The molecule has 2 aromatic carbocycles. The minimum atomic E-state index is -0.493. The molecule has 0 fully saturated rings. The predicted octanol–water partition coefficient (Wildman–Crippen LogP) is 4.09. The van der Waals surface area contributed by atoms with E-state index in [2.05, 4.69) is 4.99 Å². The molecule has 2 rings (SSSR count). The average molecular weight is 323 g/mol. The molecule has 4 heteroatoms. The topological polar surface area (TPSA) is 58.9 Å². The van der Waals surface area contributed by atoms with Crippen LogP contribution in [0.4, 0.5) is 0 Å². The lowest BCUT2D eigenvalue weighted by Crippen LogP contribution is -2.09. The number of carbonyl (C=O) groups is 1. The van der Waals surface area contributed by atoms with Crippen LogP contribution in [0.2, 0.25) is 0 Å². The van der Waals surface area contributed by atoms with Gasteiger partial charge in [-0.1, -0.05) is 61.9 Å². The fourth-order valence-electron chi connectivity index (χ4n) is 2.23. The number of hydrogen-bond donors (Lipinski definition) is 1. The number of ether oxygens (including phenoxy) is 1. The average Bonchev–Trinajstić information content (AvgIpc) is 2.63. The van der Waals surface area contributed by atoms with E-state index in [1.807, 2.05) is 43.3 Å². The molecule has 24 heavy (non-hydrogen) atoms. The van der Waals surface area contributed by atoms with Crippen molar-refractivity contribution in [3.8, 4) is 5.75 Å². The van der Waals surface area contributed by atoms with Crippen LogP contribution in [0.5, 0.6) is 5.75 Å². The molecule has 0 unspecified atom stereocenters. The molecule has 0 saturated heterocycles. The predicted molar refractivity (Wildman–Crippen MR) is 95.2 cm³/mol. The summed E-state index contributed by atoms with van der Waals surface area (Å²) in [6.45, 7) is 2.02. The molecule has 0 atom stereocenters. The molecule has 2 aromatic rings. The molecule has 4 nitrogen and oxygen atoms in total. The summed E-state index contributed by atoms with van der Waals surface area (Å²) in [5, 5.41) is 10.2. The quantitative estimate of drug-likeness (QED) is 0.495. The van der Waals surface area contributed by atoms with Gasteiger partial charge in [0.05, 0.1) is 12.8 Å². The van der Waals surface area contributed by atoms with Crippen LogP contribution in [0.1, 0.15) is 30.9 Å². The van der Waals surface area contributed by atoms with Crippen molar-refractivity contribution in [1.82, 2.24) is 0 Å². The number of aliphatic imine (C=N–C) groups is 1. The van der Waals surface area contributed by atoms with E-state index in [0.717, 1.165) is 18.4 Å². The number of para-hydroxylation sites is 1. The second-order valence-corrected chi connectivity index (χ2v) is 5.21. The van der Waals surface area contributed by atoms with Crippen LogP contribution in [-0.4, -0.2) is 23.9 Å². The zero-order valence-corrected chi connectivity index (χ0v) is 13.9. The van der Waals surface area contributed by atoms with Crippen molar-refractivity contribution < 1.29 is 14.6 Å². The number of benzene rings is 2. The van der Waals surface area contributed by atoms with Crippen molar-refractivity contribution in [2.45, 2.75) is 19.8 Å². The maximum Gasteiger partial charge on any atom is 0.356 e. The first-order valence-electron chi connectivity index (χ1n) is 7.88. The standard InChI is InChI=1S/C20H21NO3/c1-3-4-13-17(20(23)24-2)21-19(15-10-6-5-7-11-15)16-12-8-9-14-18(16)22/h5-14,22H,3-4H2,1-2H3/b17-13-,21-19?. The van der Waals surface area contributed by atoms with E-state index in [0.29, 0.717) is 11.3 Å². The van der Waals surface area contributed by atoms with E-state index in [9.17, 15) is 9.90 Å². The Bertz CT molecular complexity index is 748. The van der Waals surface area contributed by atoms with Gasteiger partial charge in [-0.3, -0.25) is 0 Å². The lowest BCUT2D eigenvalue weighted by Gasteiger charge is -2.10. The molecular weight excluding hydrogens is 302 g/mol. The van der Waals surface area contributed by atoms with E-state index in [1.54, 1.807) is 24.3 Å². The molecule has 0 aromatic heterocycles. The van der Waals surface area contributed by atoms with Gasteiger partial charge in [-0.15, -0.1) is 0 Å². The third-order valence-electron chi connectivity index (χ3n) is 3.46. The Morgan fingerprint density at radius 3 is 2.42 bits per heavy atom. The smallest absolute Gasteiger partial charge is 0.356 e. The summed E-state index contributed by atoms with van der Waals surface area (Å²) in [5.74, 6) is -0.382. The summed E-state index contributed by atoms with van der Waals surface area (Å²) in [4.78, 5) is 16.6. The second-order valence-electron chi connectivity index (χ2n) is 5.21. The Morgan fingerprint density at radius 1 is 1.12 bits per heavy atom. The summed E-state index contributed by atoms with van der Waals surface area (Å²) in [6.07, 6.45) is 3.37. The number of methoxy groups -OCH3 is 1. The van der Waals surface area contributed by atoms with Gasteiger partial charge < -0.3 is 9.84 Å². The van der Waals surface area contributed by atoms with E-state index >= 15 is 0 Å². The number of carbonyl (C=O) groups excluding carboxylic acids is 1. The highest BCUT2D eigenvalue weighted by Crippen LogP contribution is 2.22. The first-order valence-corrected chi connectivity index (χ1v) is 7.88. The first kappa shape index (κ1) is 17.5. The molecule has 0 heterocycles. The molecule has 0 aliphatic heterocycles. The Hall–Kier alpha value is -2.88. The Labute approximate surface area is 142 Å². The van der Waals surface area contributed by atoms with Crippen LogP contribution in [0.3, 0.4) is 0 Å². The number of allylic oxidation sites excluding steroid dienone is 1. The van der Waals surface area contributed by atoms with Crippen molar-refractivity contribution in [1.29, 1.82) is 0 Å². The highest BCUT2D eigenvalue weighted by Gasteiger charge is 2.15. The third kappa shape index (κ3) is 4.32. The van der Waals surface area contributed by atoms with Crippen molar-refractivity contribution in [3.05, 3.63) is 77.5 Å². The van der Waals surface area contributed by atoms with Crippen LogP contribution in [0.15, 0.2) is 71.4 Å². The normalized spacial score (nSPS) is 12.1. The van der Waals surface area contributed by atoms with Crippen LogP contribution in [-0.2, 0) is 9.53 Å². The summed E-state index contributed by atoms with van der Waals surface area (Å²) in [7, 11) is 1.33. The number of esters is 1. The largest absolute Gasteiger partial charge is 0.507 e. The summed E-state index contributed by atoms with van der Waals surface area (Å²) in [6, 6.07) is 16.4. The molecule has 0 radical (unpaired) electrons. The van der Waals surface area contributed by atoms with Gasteiger partial charge in [0.1, 0.15) is 11.4 Å². The minimum absolute atomic E-state index is 0.111. The van der Waals surface area contributed by atoms with Crippen molar-refractivity contribution >= 4 is 11.7 Å². The van der Waals surface area contributed by atoms with Gasteiger partial charge in [0.15, 0.2) is 0 Å². The van der Waals surface area contributed by atoms with Gasteiger partial charge in [0.25, 0.3) is 0 Å². The number of phenolic OH excluding ortho intramolecular Hbond substituents is 1. The maximum absolute atomic E-state index is 12.0. The van der Waals surface area contributed by atoms with Gasteiger partial charge >= 0.3 is 5.97 Å². The third-order valence-corrected chi connectivity index (χ3v) is 3.46. The Kier molecular flexibility index (Phi) is 6.32. The van der Waals surface area contributed by atoms with Gasteiger partial charge in [0.2, 0.25) is 0 Å². The number of rotatable bonds is 6. The van der Waals surface area contributed by atoms with Crippen LogP contribution in [0, 0.1) is 0 Å².